The summed E-state index contributed by atoms with van der Waals surface area (Å²) >= 11 is 0. The van der Waals surface area contributed by atoms with Gasteiger partial charge in [-0.2, -0.15) is 8.78 Å². The van der Waals surface area contributed by atoms with Crippen molar-refractivity contribution in [3.05, 3.63) is 354 Å². The van der Waals surface area contributed by atoms with Gasteiger partial charge < -0.3 is 0 Å². The Kier molecular flexibility index (Phi) is 32.8. The number of halogens is 9. The monoisotopic (exact) mass is 1430 g/mol. The topological polar surface area (TPSA) is 103 Å². The molecule has 0 radical (unpaired) electrons. The maximum atomic E-state index is 13.6. The maximum Gasteiger partial charge on any atom is 0.215 e. The molecule has 0 amide bonds. The van der Waals surface area contributed by atoms with Crippen molar-refractivity contribution in [2.45, 2.75) is 138 Å². The minimum absolute atomic E-state index is 0.0846. The first-order valence-corrected chi connectivity index (χ1v) is 33.7. The van der Waals surface area contributed by atoms with Crippen LogP contribution >= 0.6 is 0 Å². The molecule has 17 heteroatoms. The third-order valence-corrected chi connectivity index (χ3v) is 15.8. The summed E-state index contributed by atoms with van der Waals surface area (Å²) in [5.41, 5.74) is 14.6. The Morgan fingerprint density at radius 3 is 1.03 bits per heavy atom. The first kappa shape index (κ1) is 84.6. The normalized spacial score (nSPS) is 10.1. The van der Waals surface area contributed by atoms with Gasteiger partial charge >= 0.3 is 0 Å². The molecule has 0 bridgehead atoms. The van der Waals surface area contributed by atoms with Gasteiger partial charge in [-0.3, -0.25) is 9.97 Å². The lowest BCUT2D eigenvalue weighted by Crippen LogP contribution is -1.95. The van der Waals surface area contributed by atoms with Gasteiger partial charge in [-0.15, -0.1) is 0 Å². The second-order valence-corrected chi connectivity index (χ2v) is 25.7. The van der Waals surface area contributed by atoms with Crippen LogP contribution in [0.4, 0.5) is 39.5 Å². The minimum atomic E-state index is -1.11. The Morgan fingerprint density at radius 1 is 0.229 bits per heavy atom. The smallest absolute Gasteiger partial charge is 0.215 e. The van der Waals surface area contributed by atoms with Gasteiger partial charge in [-0.1, -0.05) is 138 Å². The number of aryl methyl sites for hydroxylation is 19. The molecule has 0 saturated heterocycles. The van der Waals surface area contributed by atoms with Crippen molar-refractivity contribution in [3.8, 4) is 0 Å². The average molecular weight is 1430 g/mol. The largest absolute Gasteiger partial charge is 0.261 e. The lowest BCUT2D eigenvalue weighted by Gasteiger charge is -2.06. The van der Waals surface area contributed by atoms with Gasteiger partial charge in [0.15, 0.2) is 11.6 Å². The third kappa shape index (κ3) is 27.2. The van der Waals surface area contributed by atoms with Crippen molar-refractivity contribution in [1.29, 1.82) is 0 Å². The van der Waals surface area contributed by atoms with E-state index in [9.17, 15) is 39.5 Å². The molecule has 0 fully saturated rings. The van der Waals surface area contributed by atoms with Crippen LogP contribution in [0.2, 0.25) is 0 Å². The molecular formula is C88H91F9N8. The first-order valence-electron chi connectivity index (χ1n) is 33.7. The number of benzene rings is 8. The molecule has 0 spiro atoms. The predicted molar refractivity (Wildman–Crippen MR) is 411 cm³/mol. The highest BCUT2D eigenvalue weighted by molar-refractivity contribution is 5.87. The van der Waals surface area contributed by atoms with Gasteiger partial charge in [-0.25, -0.2) is 60.6 Å². The molecular weight excluding hydrogens is 1340 g/mol. The molecule has 0 aliphatic rings. The van der Waals surface area contributed by atoms with E-state index in [4.69, 9.17) is 0 Å². The highest BCUT2D eigenvalue weighted by atomic mass is 19.2. The molecule has 0 unspecified atom stereocenters. The summed E-state index contributed by atoms with van der Waals surface area (Å²) in [7, 11) is 0. The molecule has 105 heavy (non-hydrogen) atoms. The summed E-state index contributed by atoms with van der Waals surface area (Å²) in [6.07, 6.45) is 10.8. The molecule has 546 valence electrons. The molecule has 0 atom stereocenters. The van der Waals surface area contributed by atoms with E-state index in [0.717, 1.165) is 61.9 Å². The molecule has 0 saturated carbocycles. The molecule has 8 aromatic carbocycles. The highest BCUT2D eigenvalue weighted by Crippen LogP contribution is 2.29. The third-order valence-electron chi connectivity index (χ3n) is 15.8. The van der Waals surface area contributed by atoms with Crippen molar-refractivity contribution in [2.75, 3.05) is 0 Å². The first-order chi connectivity index (χ1) is 49.5. The number of nitrogens with zero attached hydrogens (tertiary/aromatic N) is 8. The number of pyridine rings is 4. The molecule has 8 nitrogen and oxygen atoms in total. The Bertz CT molecular complexity index is 4860. The number of hydrogen-bond donors (Lipinski definition) is 0. The molecule has 6 aromatic heterocycles. The molecule has 0 N–H and O–H groups in total. The van der Waals surface area contributed by atoms with E-state index in [2.05, 4.69) is 96.2 Å². The molecule has 14 aromatic rings. The van der Waals surface area contributed by atoms with Crippen LogP contribution in [0.1, 0.15) is 112 Å². The van der Waals surface area contributed by atoms with Crippen molar-refractivity contribution < 1.29 is 39.5 Å². The van der Waals surface area contributed by atoms with Crippen molar-refractivity contribution in [1.82, 2.24) is 39.9 Å². The number of fused-ring (bicyclic) bond motifs is 4. The zero-order valence-corrected chi connectivity index (χ0v) is 63.4. The second kappa shape index (κ2) is 40.7. The van der Waals surface area contributed by atoms with Gasteiger partial charge in [0.25, 0.3) is 0 Å². The fourth-order valence-corrected chi connectivity index (χ4v) is 9.42. The Hall–Kier alpha value is -11.1. The van der Waals surface area contributed by atoms with Crippen LogP contribution in [0.15, 0.2) is 189 Å². The summed E-state index contributed by atoms with van der Waals surface area (Å²) < 4.78 is 118. The number of rotatable bonds is 0. The lowest BCUT2D eigenvalue weighted by molar-refractivity contribution is 0.506. The summed E-state index contributed by atoms with van der Waals surface area (Å²) in [6.45, 7) is 36.5. The summed E-state index contributed by atoms with van der Waals surface area (Å²) in [5, 5.41) is 5.57. The van der Waals surface area contributed by atoms with E-state index in [1.165, 1.54) is 66.4 Å². The van der Waals surface area contributed by atoms with Gasteiger partial charge in [0.05, 0.1) is 11.1 Å². The Morgan fingerprint density at radius 2 is 0.610 bits per heavy atom. The fraction of sp³-hybridized carbons (Fsp3) is 0.227. The SMILES string of the molecule is Cc1cc2ccc(C)c(F)c2c(F)c1F.Cc1ccc(C)c(F)n1.Cc1ccc(C)c(F)n1.Cc1ccc(C)nc1.Cc1ccc2c(F)c(C)c(F)cc2c1.Cc1ccc2c(F)c(C)ccc2c1.Cc1ccc2cc(C)ccc2c1.Cc1cnc(C)c(F)c1.Cc1cnc(C)nc1.Cc1cnc(C)nc1. The zero-order chi connectivity index (χ0) is 77.9. The van der Waals surface area contributed by atoms with Crippen LogP contribution in [-0.2, 0) is 0 Å². The van der Waals surface area contributed by atoms with Crippen molar-refractivity contribution >= 4 is 43.1 Å². The molecule has 0 aliphatic heterocycles. The van der Waals surface area contributed by atoms with E-state index >= 15 is 0 Å². The van der Waals surface area contributed by atoms with Gasteiger partial charge in [0.1, 0.15) is 40.7 Å². The van der Waals surface area contributed by atoms with E-state index in [-0.39, 0.29) is 40.0 Å². The van der Waals surface area contributed by atoms with Crippen molar-refractivity contribution in [2.24, 2.45) is 0 Å². The standard InChI is InChI=1S/C12H9F3.C12H10F2.C12H11F.C12H12.3C7H8FN.C7H9N.2C6H8N2/c1-6-3-4-8-5-7(2)11(14)12(15)9(8)10(6)13;1-7-3-4-10-9(5-7)6-11(13)8(2)12(10)14;1-8-3-6-11-10(7-8)5-4-9(2)12(11)13;1-9-3-5-12-8-10(2)4-6-11(12)7-9;1-5-3-7(8)6(2)9-4-5;2*1-5-3-4-6(2)9-7(5)8;1-6-3-4-7(2)8-5-6;2*1-5-3-7-6(2)8-4-5/h3-5H,1-2H3;3-6H,1-2H3;3-7H,1-2H3;3-8H,1-2H3;3*3-4H,1-2H3;3-5H,1-2H3;2*3-4H,1-2H3. The minimum Gasteiger partial charge on any atom is -0.261 e. The number of aromatic nitrogens is 8. The maximum absolute atomic E-state index is 13.6. The van der Waals surface area contributed by atoms with E-state index in [1.54, 1.807) is 96.3 Å². The highest BCUT2D eigenvalue weighted by Gasteiger charge is 2.16. The van der Waals surface area contributed by atoms with E-state index in [0.29, 0.717) is 49.5 Å². The van der Waals surface area contributed by atoms with Crippen molar-refractivity contribution in [3.63, 3.8) is 0 Å². The summed E-state index contributed by atoms with van der Waals surface area (Å²) in [5.74, 6) is -3.12. The van der Waals surface area contributed by atoms with Gasteiger partial charge in [-0.05, 0) is 241 Å². The van der Waals surface area contributed by atoms with Crippen LogP contribution in [0.5, 0.6) is 0 Å². The molecule has 6 heterocycles. The van der Waals surface area contributed by atoms with Crippen LogP contribution in [-0.4, -0.2) is 39.9 Å². The average Bonchev–Trinajstić information content (AvgIpc) is 0.788. The van der Waals surface area contributed by atoms with E-state index < -0.39 is 29.1 Å². The van der Waals surface area contributed by atoms with Gasteiger partial charge in [0, 0.05) is 81.7 Å². The van der Waals surface area contributed by atoms with Gasteiger partial charge in [0.2, 0.25) is 11.9 Å². The van der Waals surface area contributed by atoms with Crippen LogP contribution in [0.3, 0.4) is 0 Å². The zero-order valence-electron chi connectivity index (χ0n) is 63.4. The summed E-state index contributed by atoms with van der Waals surface area (Å²) in [4.78, 5) is 31.0. The number of hydrogen-bond acceptors (Lipinski definition) is 8. The second-order valence-electron chi connectivity index (χ2n) is 25.7. The molecule has 14 rings (SSSR count). The quantitative estimate of drug-likeness (QED) is 0.109. The fourth-order valence-electron chi connectivity index (χ4n) is 9.42. The van der Waals surface area contributed by atoms with E-state index in [1.807, 2.05) is 136 Å². The van der Waals surface area contributed by atoms with Crippen LogP contribution < -0.4 is 0 Å². The predicted octanol–water partition coefficient (Wildman–Crippen LogP) is 24.1. The Labute approximate surface area is 611 Å². The van der Waals surface area contributed by atoms with Crippen LogP contribution in [0.25, 0.3) is 43.1 Å². The molecule has 0 aliphatic carbocycles. The summed E-state index contributed by atoms with van der Waals surface area (Å²) in [6, 6.07) is 46.5. The Balaban J connectivity index is 0.000000211. The van der Waals surface area contributed by atoms with Crippen LogP contribution in [0, 0.1) is 191 Å². The lowest BCUT2D eigenvalue weighted by atomic mass is 10.0.